The summed E-state index contributed by atoms with van der Waals surface area (Å²) in [5.74, 6) is 1.97. The lowest BCUT2D eigenvalue weighted by atomic mass is 9.89. The number of amides is 1. The first-order valence-electron chi connectivity index (χ1n) is 11.3. The van der Waals surface area contributed by atoms with Crippen molar-refractivity contribution >= 4 is 5.91 Å². The highest BCUT2D eigenvalue weighted by Gasteiger charge is 2.25. The van der Waals surface area contributed by atoms with Crippen LogP contribution in [-0.4, -0.2) is 53.0 Å². The Morgan fingerprint density at radius 3 is 2.66 bits per heavy atom. The molecule has 1 saturated carbocycles. The number of furan rings is 1. The molecule has 29 heavy (non-hydrogen) atoms. The average Bonchev–Trinajstić information content (AvgIpc) is 3.26. The Hall–Kier alpha value is -2.01. The standard InChI is InChI=1S/C24H35N3O2/c1-19-16-23(20(2)27(19)18-22-10-6-15-29-22)24(28)26-12-7-11-25(13-14-26)17-21-8-4-3-5-9-21/h6,10,15-16,21H,3-5,7-9,11-14,17-18H2,1-2H3. The lowest BCUT2D eigenvalue weighted by molar-refractivity contribution is 0.0759. The smallest absolute Gasteiger partial charge is 0.255 e. The Bertz CT molecular complexity index is 802. The van der Waals surface area contributed by atoms with Gasteiger partial charge in [-0.05, 0) is 63.8 Å². The maximum absolute atomic E-state index is 13.3. The Morgan fingerprint density at radius 1 is 1.07 bits per heavy atom. The maximum atomic E-state index is 13.3. The third-order valence-corrected chi connectivity index (χ3v) is 6.81. The average molecular weight is 398 g/mol. The van der Waals surface area contributed by atoms with Crippen molar-refractivity contribution in [3.63, 3.8) is 0 Å². The molecule has 1 amide bonds. The van der Waals surface area contributed by atoms with Gasteiger partial charge in [-0.15, -0.1) is 0 Å². The second-order valence-electron chi connectivity index (χ2n) is 8.90. The van der Waals surface area contributed by atoms with Crippen LogP contribution < -0.4 is 0 Å². The second-order valence-corrected chi connectivity index (χ2v) is 8.90. The minimum atomic E-state index is 0.184. The Kier molecular flexibility index (Phi) is 6.43. The molecule has 5 heteroatoms. The fraction of sp³-hybridized carbons (Fsp3) is 0.625. The lowest BCUT2D eigenvalue weighted by Gasteiger charge is -2.28. The quantitative estimate of drug-likeness (QED) is 0.747. The number of carbonyl (C=O) groups excluding carboxylic acids is 1. The third-order valence-electron chi connectivity index (χ3n) is 6.81. The van der Waals surface area contributed by atoms with Crippen molar-refractivity contribution < 1.29 is 9.21 Å². The predicted molar refractivity (Wildman–Crippen MR) is 115 cm³/mol. The molecule has 4 rings (SSSR count). The highest BCUT2D eigenvalue weighted by Crippen LogP contribution is 2.25. The van der Waals surface area contributed by atoms with Gasteiger partial charge in [-0.3, -0.25) is 4.79 Å². The van der Waals surface area contributed by atoms with Gasteiger partial charge in [0.1, 0.15) is 5.76 Å². The van der Waals surface area contributed by atoms with Gasteiger partial charge in [-0.1, -0.05) is 19.3 Å². The molecule has 0 bridgehead atoms. The van der Waals surface area contributed by atoms with E-state index in [-0.39, 0.29) is 5.91 Å². The van der Waals surface area contributed by atoms with E-state index in [1.807, 2.05) is 18.2 Å². The van der Waals surface area contributed by atoms with Gasteiger partial charge in [0.05, 0.1) is 18.4 Å². The first-order chi connectivity index (χ1) is 14.1. The molecule has 2 aromatic rings. The minimum Gasteiger partial charge on any atom is -0.467 e. The predicted octanol–water partition coefficient (Wildman–Crippen LogP) is 4.47. The van der Waals surface area contributed by atoms with Crippen LogP contribution in [-0.2, 0) is 6.54 Å². The summed E-state index contributed by atoms with van der Waals surface area (Å²) in [6.07, 6.45) is 9.77. The summed E-state index contributed by atoms with van der Waals surface area (Å²) in [5.41, 5.74) is 2.98. The molecule has 158 valence electrons. The minimum absolute atomic E-state index is 0.184. The van der Waals surface area contributed by atoms with Crippen molar-refractivity contribution in [1.82, 2.24) is 14.4 Å². The Labute approximate surface area is 174 Å². The molecular formula is C24H35N3O2. The van der Waals surface area contributed by atoms with Crippen molar-refractivity contribution in [2.45, 2.75) is 58.9 Å². The lowest BCUT2D eigenvalue weighted by Crippen LogP contribution is -2.37. The number of carbonyl (C=O) groups is 1. The van der Waals surface area contributed by atoms with E-state index in [9.17, 15) is 4.79 Å². The fourth-order valence-corrected chi connectivity index (χ4v) is 5.08. The van der Waals surface area contributed by atoms with Crippen molar-refractivity contribution in [2.75, 3.05) is 32.7 Å². The van der Waals surface area contributed by atoms with Crippen molar-refractivity contribution in [1.29, 1.82) is 0 Å². The van der Waals surface area contributed by atoms with Crippen LogP contribution in [0.4, 0.5) is 0 Å². The molecule has 2 fully saturated rings. The van der Waals surface area contributed by atoms with Gasteiger partial charge in [-0.25, -0.2) is 0 Å². The number of hydrogen-bond donors (Lipinski definition) is 0. The molecular weight excluding hydrogens is 362 g/mol. The van der Waals surface area contributed by atoms with Crippen LogP contribution in [0.3, 0.4) is 0 Å². The maximum Gasteiger partial charge on any atom is 0.255 e. The molecule has 3 heterocycles. The molecule has 1 aliphatic heterocycles. The highest BCUT2D eigenvalue weighted by atomic mass is 16.3. The number of rotatable bonds is 5. The van der Waals surface area contributed by atoms with Gasteiger partial charge in [-0.2, -0.15) is 0 Å². The number of hydrogen-bond acceptors (Lipinski definition) is 3. The summed E-state index contributed by atoms with van der Waals surface area (Å²) in [6.45, 7) is 9.85. The van der Waals surface area contributed by atoms with Crippen molar-refractivity contribution in [3.05, 3.63) is 47.2 Å². The molecule has 1 aliphatic carbocycles. The first-order valence-corrected chi connectivity index (χ1v) is 11.3. The summed E-state index contributed by atoms with van der Waals surface area (Å²) >= 11 is 0. The van der Waals surface area contributed by atoms with Crippen LogP contribution in [0.15, 0.2) is 28.9 Å². The molecule has 0 aromatic carbocycles. The summed E-state index contributed by atoms with van der Waals surface area (Å²) < 4.78 is 7.68. The van der Waals surface area contributed by atoms with Crippen LogP contribution in [0.2, 0.25) is 0 Å². The van der Waals surface area contributed by atoms with Gasteiger partial charge >= 0.3 is 0 Å². The Morgan fingerprint density at radius 2 is 1.90 bits per heavy atom. The van der Waals surface area contributed by atoms with E-state index in [0.717, 1.165) is 61.2 Å². The van der Waals surface area contributed by atoms with Crippen LogP contribution >= 0.6 is 0 Å². The van der Waals surface area contributed by atoms with Gasteiger partial charge in [0.15, 0.2) is 0 Å². The summed E-state index contributed by atoms with van der Waals surface area (Å²) in [6, 6.07) is 5.94. The molecule has 0 unspecified atom stereocenters. The molecule has 1 saturated heterocycles. The molecule has 0 atom stereocenters. The SMILES string of the molecule is Cc1cc(C(=O)N2CCCN(CC3CCCCC3)CC2)c(C)n1Cc1ccco1. The van der Waals surface area contributed by atoms with Gasteiger partial charge in [0.2, 0.25) is 0 Å². The number of nitrogens with zero attached hydrogens (tertiary/aromatic N) is 3. The third kappa shape index (κ3) is 4.77. The van der Waals surface area contributed by atoms with Crippen LogP contribution in [0.1, 0.15) is 66.0 Å². The van der Waals surface area contributed by atoms with Crippen molar-refractivity contribution in [2.24, 2.45) is 5.92 Å². The molecule has 2 aromatic heterocycles. The van der Waals surface area contributed by atoms with E-state index in [4.69, 9.17) is 4.42 Å². The zero-order valence-corrected chi connectivity index (χ0v) is 18.0. The normalized spacial score (nSPS) is 19.4. The number of aromatic nitrogens is 1. The summed E-state index contributed by atoms with van der Waals surface area (Å²) in [5, 5.41) is 0. The fourth-order valence-electron chi connectivity index (χ4n) is 5.08. The van der Waals surface area contributed by atoms with Gasteiger partial charge in [0, 0.05) is 37.6 Å². The summed E-state index contributed by atoms with van der Waals surface area (Å²) in [7, 11) is 0. The van der Waals surface area contributed by atoms with E-state index in [0.29, 0.717) is 6.54 Å². The van der Waals surface area contributed by atoms with E-state index in [2.05, 4.69) is 28.2 Å². The molecule has 2 aliphatic rings. The largest absolute Gasteiger partial charge is 0.467 e. The topological polar surface area (TPSA) is 41.6 Å². The van der Waals surface area contributed by atoms with E-state index in [1.165, 1.54) is 38.6 Å². The first kappa shape index (κ1) is 20.3. The molecule has 0 radical (unpaired) electrons. The van der Waals surface area contributed by atoms with Gasteiger partial charge in [0.25, 0.3) is 5.91 Å². The molecule has 5 nitrogen and oxygen atoms in total. The van der Waals surface area contributed by atoms with E-state index in [1.54, 1.807) is 6.26 Å². The zero-order valence-electron chi connectivity index (χ0n) is 18.0. The molecule has 0 spiro atoms. The van der Waals surface area contributed by atoms with E-state index >= 15 is 0 Å². The van der Waals surface area contributed by atoms with Crippen LogP contribution in [0.25, 0.3) is 0 Å². The highest BCUT2D eigenvalue weighted by molar-refractivity contribution is 5.95. The van der Waals surface area contributed by atoms with Gasteiger partial charge < -0.3 is 18.8 Å². The monoisotopic (exact) mass is 397 g/mol. The number of aryl methyl sites for hydroxylation is 1. The molecule has 0 N–H and O–H groups in total. The van der Waals surface area contributed by atoms with Crippen molar-refractivity contribution in [3.8, 4) is 0 Å². The van der Waals surface area contributed by atoms with E-state index < -0.39 is 0 Å². The van der Waals surface area contributed by atoms with Crippen LogP contribution in [0.5, 0.6) is 0 Å². The zero-order chi connectivity index (χ0) is 20.2. The van der Waals surface area contributed by atoms with Crippen LogP contribution in [0, 0.1) is 19.8 Å². The second kappa shape index (κ2) is 9.21. The summed E-state index contributed by atoms with van der Waals surface area (Å²) in [4.78, 5) is 18.0. The Balaban J connectivity index is 1.39.